The SMILES string of the molecule is Cn1c(N)c(C(=O)COC(=O)c2ccc(S(=O)(=O)N3CCCC3)cc2)c(=O)n(C)c1=O. The summed E-state index contributed by atoms with van der Waals surface area (Å²) in [6.45, 7) is 0.147. The molecular weight excluding hydrogens is 428 g/mol. The van der Waals surface area contributed by atoms with Gasteiger partial charge in [0.2, 0.25) is 15.8 Å². The molecule has 2 N–H and O–H groups in total. The standard InChI is InChI=1S/C19H22N4O7S/c1-21-16(20)15(17(25)22(2)19(21)27)14(24)11-30-18(26)12-5-7-13(8-6-12)31(28,29)23-9-3-4-10-23/h5-8H,3-4,9-11,20H2,1-2H3. The Kier molecular flexibility index (Phi) is 6.13. The van der Waals surface area contributed by atoms with E-state index in [0.717, 1.165) is 22.0 Å². The smallest absolute Gasteiger partial charge is 0.338 e. The average Bonchev–Trinajstić information content (AvgIpc) is 3.31. The largest absolute Gasteiger partial charge is 0.454 e. The van der Waals surface area contributed by atoms with E-state index in [1.54, 1.807) is 0 Å². The zero-order chi connectivity index (χ0) is 22.9. The summed E-state index contributed by atoms with van der Waals surface area (Å²) in [7, 11) is -1.11. The number of aromatic nitrogens is 2. The van der Waals surface area contributed by atoms with Crippen LogP contribution in [0.2, 0.25) is 0 Å². The fourth-order valence-electron chi connectivity index (χ4n) is 3.25. The minimum Gasteiger partial charge on any atom is -0.454 e. The third kappa shape index (κ3) is 4.16. The van der Waals surface area contributed by atoms with E-state index in [2.05, 4.69) is 0 Å². The highest BCUT2D eigenvalue weighted by molar-refractivity contribution is 7.89. The summed E-state index contributed by atoms with van der Waals surface area (Å²) in [4.78, 5) is 48.7. The van der Waals surface area contributed by atoms with Crippen molar-refractivity contribution >= 4 is 27.6 Å². The molecule has 0 bridgehead atoms. The van der Waals surface area contributed by atoms with E-state index >= 15 is 0 Å². The highest BCUT2D eigenvalue weighted by Crippen LogP contribution is 2.21. The van der Waals surface area contributed by atoms with E-state index < -0.39 is 45.2 Å². The second kappa shape index (κ2) is 8.47. The van der Waals surface area contributed by atoms with Crippen LogP contribution in [0.3, 0.4) is 0 Å². The molecule has 3 rings (SSSR count). The van der Waals surface area contributed by atoms with Gasteiger partial charge in [0.1, 0.15) is 11.4 Å². The minimum absolute atomic E-state index is 0.0366. The normalized spacial score (nSPS) is 14.5. The van der Waals surface area contributed by atoms with Gasteiger partial charge in [0.05, 0.1) is 10.5 Å². The van der Waals surface area contributed by atoms with Gasteiger partial charge in [-0.2, -0.15) is 4.31 Å². The number of sulfonamides is 1. The molecule has 0 unspecified atom stereocenters. The van der Waals surface area contributed by atoms with Gasteiger partial charge in [-0.15, -0.1) is 0 Å². The molecule has 11 nitrogen and oxygen atoms in total. The van der Waals surface area contributed by atoms with Crippen LogP contribution in [0.25, 0.3) is 0 Å². The number of nitrogens with zero attached hydrogens (tertiary/aromatic N) is 3. The van der Waals surface area contributed by atoms with Gasteiger partial charge in [0.25, 0.3) is 5.56 Å². The molecule has 0 saturated carbocycles. The van der Waals surface area contributed by atoms with E-state index in [-0.39, 0.29) is 16.3 Å². The maximum Gasteiger partial charge on any atom is 0.338 e. The van der Waals surface area contributed by atoms with Crippen LogP contribution < -0.4 is 17.0 Å². The zero-order valence-electron chi connectivity index (χ0n) is 17.0. The second-order valence-electron chi connectivity index (χ2n) is 7.10. The van der Waals surface area contributed by atoms with Crippen molar-refractivity contribution in [2.24, 2.45) is 14.1 Å². The van der Waals surface area contributed by atoms with Crippen molar-refractivity contribution < 1.29 is 22.7 Å². The van der Waals surface area contributed by atoms with Gasteiger partial charge in [-0.05, 0) is 37.1 Å². The van der Waals surface area contributed by atoms with Gasteiger partial charge in [0.15, 0.2) is 6.61 Å². The number of hydrogen-bond donors (Lipinski definition) is 1. The van der Waals surface area contributed by atoms with Gasteiger partial charge in [-0.25, -0.2) is 18.0 Å². The minimum atomic E-state index is -3.62. The Morgan fingerprint density at radius 3 is 2.19 bits per heavy atom. The van der Waals surface area contributed by atoms with Gasteiger partial charge in [0, 0.05) is 27.2 Å². The molecule has 1 fully saturated rings. The molecule has 166 valence electrons. The maximum atomic E-state index is 12.5. The second-order valence-corrected chi connectivity index (χ2v) is 9.04. The van der Waals surface area contributed by atoms with Gasteiger partial charge >= 0.3 is 11.7 Å². The zero-order valence-corrected chi connectivity index (χ0v) is 17.8. The predicted octanol–water partition coefficient (Wildman–Crippen LogP) is -0.510. The fourth-order valence-corrected chi connectivity index (χ4v) is 4.77. The number of carbonyl (C=O) groups excluding carboxylic acids is 2. The summed E-state index contributed by atoms with van der Waals surface area (Å²) in [5.41, 5.74) is 3.71. The van der Waals surface area contributed by atoms with E-state index in [0.29, 0.717) is 13.1 Å². The molecule has 12 heteroatoms. The topological polar surface area (TPSA) is 151 Å². The molecule has 0 atom stereocenters. The molecule has 1 aliphatic rings. The first-order valence-electron chi connectivity index (χ1n) is 9.41. The Morgan fingerprint density at radius 1 is 1.03 bits per heavy atom. The lowest BCUT2D eigenvalue weighted by Gasteiger charge is -2.15. The van der Waals surface area contributed by atoms with Gasteiger partial charge in [-0.3, -0.25) is 18.7 Å². The van der Waals surface area contributed by atoms with E-state index in [1.807, 2.05) is 0 Å². The maximum absolute atomic E-state index is 12.5. The molecule has 2 heterocycles. The summed E-state index contributed by atoms with van der Waals surface area (Å²) in [6, 6.07) is 5.17. The van der Waals surface area contributed by atoms with Crippen molar-refractivity contribution in [3.63, 3.8) is 0 Å². The lowest BCUT2D eigenvalue weighted by atomic mass is 10.2. The van der Waals surface area contributed by atoms with E-state index in [1.165, 1.54) is 42.7 Å². The first-order valence-corrected chi connectivity index (χ1v) is 10.9. The molecular formula is C19H22N4O7S. The molecule has 0 aliphatic carbocycles. The molecule has 1 aromatic heterocycles. The van der Waals surface area contributed by atoms with Crippen LogP contribution in [0.1, 0.15) is 33.6 Å². The highest BCUT2D eigenvalue weighted by atomic mass is 32.2. The van der Waals surface area contributed by atoms with Crippen molar-refractivity contribution in [2.45, 2.75) is 17.7 Å². The van der Waals surface area contributed by atoms with E-state index in [4.69, 9.17) is 10.5 Å². The van der Waals surface area contributed by atoms with Crippen molar-refractivity contribution in [1.29, 1.82) is 0 Å². The number of esters is 1. The van der Waals surface area contributed by atoms with E-state index in [9.17, 15) is 27.6 Å². The Bertz CT molecular complexity index is 1250. The molecule has 1 aromatic carbocycles. The summed E-state index contributed by atoms with van der Waals surface area (Å²) in [5.74, 6) is -2.07. The van der Waals surface area contributed by atoms with Gasteiger partial charge in [-0.1, -0.05) is 0 Å². The van der Waals surface area contributed by atoms with Crippen molar-refractivity contribution in [3.8, 4) is 0 Å². The molecule has 1 aliphatic heterocycles. The van der Waals surface area contributed by atoms with Crippen LogP contribution >= 0.6 is 0 Å². The first kappa shape index (κ1) is 22.4. The molecule has 1 saturated heterocycles. The fraction of sp³-hybridized carbons (Fsp3) is 0.368. The average molecular weight is 450 g/mol. The number of hydrogen-bond acceptors (Lipinski definition) is 8. The Hall–Kier alpha value is -3.25. The summed E-state index contributed by atoms with van der Waals surface area (Å²) < 4.78 is 33.1. The Balaban J connectivity index is 1.73. The molecule has 0 spiro atoms. The number of Topliss-reactive ketones (excluding diaryl/α,β-unsaturated/α-hetero) is 1. The number of carbonyl (C=O) groups is 2. The van der Waals surface area contributed by atoms with Gasteiger partial charge < -0.3 is 10.5 Å². The Morgan fingerprint density at radius 2 is 1.61 bits per heavy atom. The molecule has 0 amide bonds. The van der Waals surface area contributed by atoms with Crippen LogP contribution in [0.15, 0.2) is 38.8 Å². The van der Waals surface area contributed by atoms with Crippen LogP contribution in [-0.4, -0.2) is 53.3 Å². The van der Waals surface area contributed by atoms with Crippen LogP contribution in [-0.2, 0) is 28.9 Å². The van der Waals surface area contributed by atoms with Crippen molar-refractivity contribution in [2.75, 3.05) is 25.4 Å². The van der Waals surface area contributed by atoms with Crippen LogP contribution in [0.4, 0.5) is 5.82 Å². The van der Waals surface area contributed by atoms with Crippen LogP contribution in [0.5, 0.6) is 0 Å². The summed E-state index contributed by atoms with van der Waals surface area (Å²) >= 11 is 0. The third-order valence-corrected chi connectivity index (χ3v) is 7.03. The monoisotopic (exact) mass is 450 g/mol. The number of anilines is 1. The molecule has 31 heavy (non-hydrogen) atoms. The van der Waals surface area contributed by atoms with Crippen molar-refractivity contribution in [1.82, 2.24) is 13.4 Å². The Labute approximate surface area is 177 Å². The van der Waals surface area contributed by atoms with Crippen LogP contribution in [0, 0.1) is 0 Å². The summed E-state index contributed by atoms with van der Waals surface area (Å²) in [6.07, 6.45) is 1.61. The third-order valence-electron chi connectivity index (χ3n) is 5.12. The number of nitrogen functional groups attached to an aromatic ring is 1. The highest BCUT2D eigenvalue weighted by Gasteiger charge is 2.27. The number of ether oxygens (including phenoxy) is 1. The quantitative estimate of drug-likeness (QED) is 0.456. The lowest BCUT2D eigenvalue weighted by Crippen LogP contribution is -2.42. The molecule has 2 aromatic rings. The lowest BCUT2D eigenvalue weighted by molar-refractivity contribution is 0.0474. The number of nitrogens with two attached hydrogens (primary N) is 1. The number of ketones is 1. The predicted molar refractivity (Wildman–Crippen MR) is 110 cm³/mol. The summed E-state index contributed by atoms with van der Waals surface area (Å²) in [5, 5.41) is 0. The van der Waals surface area contributed by atoms with Crippen molar-refractivity contribution in [3.05, 3.63) is 56.2 Å². The molecule has 0 radical (unpaired) electrons. The first-order chi connectivity index (χ1) is 14.6. The number of rotatable bonds is 6. The number of benzene rings is 1.